The Morgan fingerprint density at radius 1 is 1.26 bits per heavy atom. The second kappa shape index (κ2) is 8.75. The Morgan fingerprint density at radius 2 is 2.04 bits per heavy atom. The number of nitrogens with one attached hydrogen (secondary N) is 2. The maximum Gasteiger partial charge on any atom is 0.191 e. The molecule has 1 atom stereocenters. The average molecular weight is 370 g/mol. The molecule has 27 heavy (non-hydrogen) atoms. The van der Waals surface area contributed by atoms with Crippen molar-refractivity contribution in [3.05, 3.63) is 59.4 Å². The van der Waals surface area contributed by atoms with E-state index in [9.17, 15) is 4.39 Å². The summed E-state index contributed by atoms with van der Waals surface area (Å²) >= 11 is 0. The second-order valence-corrected chi connectivity index (χ2v) is 6.81. The Hall–Kier alpha value is -2.76. The molecule has 6 heteroatoms. The van der Waals surface area contributed by atoms with Crippen LogP contribution in [-0.2, 0) is 6.54 Å². The third-order valence-corrected chi connectivity index (χ3v) is 4.83. The molecule has 5 nitrogen and oxygen atoms in total. The smallest absolute Gasteiger partial charge is 0.191 e. The van der Waals surface area contributed by atoms with Gasteiger partial charge in [-0.3, -0.25) is 4.99 Å². The summed E-state index contributed by atoms with van der Waals surface area (Å²) in [5.41, 5.74) is 3.36. The molecule has 0 bridgehead atoms. The summed E-state index contributed by atoms with van der Waals surface area (Å²) in [7, 11) is 3.21. The molecule has 144 valence electrons. The quantitative estimate of drug-likeness (QED) is 0.627. The summed E-state index contributed by atoms with van der Waals surface area (Å²) in [5.74, 6) is 0.620. The van der Waals surface area contributed by atoms with Gasteiger partial charge in [-0.15, -0.1) is 0 Å². The largest absolute Gasteiger partial charge is 0.494 e. The van der Waals surface area contributed by atoms with Gasteiger partial charge in [-0.2, -0.15) is 0 Å². The molecule has 0 spiro atoms. The Morgan fingerprint density at radius 3 is 2.70 bits per heavy atom. The zero-order valence-electron chi connectivity index (χ0n) is 16.1. The predicted molar refractivity (Wildman–Crippen MR) is 108 cm³/mol. The van der Waals surface area contributed by atoms with E-state index in [0.717, 1.165) is 31.0 Å². The van der Waals surface area contributed by atoms with Crippen LogP contribution in [-0.4, -0.2) is 39.2 Å². The van der Waals surface area contributed by atoms with Crippen molar-refractivity contribution in [2.75, 3.05) is 32.1 Å². The van der Waals surface area contributed by atoms with E-state index in [1.807, 2.05) is 6.07 Å². The number of methoxy groups -OCH3 is 1. The molecule has 1 fully saturated rings. The van der Waals surface area contributed by atoms with Crippen molar-refractivity contribution >= 4 is 11.6 Å². The van der Waals surface area contributed by atoms with Gasteiger partial charge in [0.2, 0.25) is 0 Å². The van der Waals surface area contributed by atoms with Crippen molar-refractivity contribution in [3.8, 4) is 5.75 Å². The molecule has 1 unspecified atom stereocenters. The second-order valence-electron chi connectivity index (χ2n) is 6.81. The molecule has 1 aliphatic rings. The van der Waals surface area contributed by atoms with Gasteiger partial charge in [0.15, 0.2) is 17.5 Å². The Balaban J connectivity index is 1.52. The van der Waals surface area contributed by atoms with E-state index in [1.54, 1.807) is 13.1 Å². The maximum absolute atomic E-state index is 13.8. The molecule has 2 N–H and O–H groups in total. The van der Waals surface area contributed by atoms with Crippen molar-refractivity contribution in [2.45, 2.75) is 25.9 Å². The first kappa shape index (κ1) is 19.0. The number of guanidine groups is 1. The summed E-state index contributed by atoms with van der Waals surface area (Å²) in [4.78, 5) is 6.67. The van der Waals surface area contributed by atoms with Crippen molar-refractivity contribution in [2.24, 2.45) is 4.99 Å². The van der Waals surface area contributed by atoms with Crippen LogP contribution in [0.3, 0.4) is 0 Å². The minimum absolute atomic E-state index is 0.253. The van der Waals surface area contributed by atoms with Crippen LogP contribution in [0.2, 0.25) is 0 Å². The number of ether oxygens (including phenoxy) is 1. The molecular weight excluding hydrogens is 343 g/mol. The van der Waals surface area contributed by atoms with E-state index >= 15 is 0 Å². The van der Waals surface area contributed by atoms with E-state index in [-0.39, 0.29) is 11.6 Å². The first-order valence-electron chi connectivity index (χ1n) is 9.20. The zero-order chi connectivity index (χ0) is 19.2. The lowest BCUT2D eigenvalue weighted by Crippen LogP contribution is -2.44. The molecular formula is C21H27FN4O. The number of halogens is 1. The SMILES string of the molecule is CN=C(NCc1ccc(OC)c(F)c1)NC1CCN(c2ccc(C)cc2)C1. The lowest BCUT2D eigenvalue weighted by Gasteiger charge is -2.20. The first-order chi connectivity index (χ1) is 13.1. The molecule has 1 saturated heterocycles. The van der Waals surface area contributed by atoms with Crippen LogP contribution in [0.5, 0.6) is 5.75 Å². The number of hydrogen-bond donors (Lipinski definition) is 2. The lowest BCUT2D eigenvalue weighted by atomic mass is 10.2. The van der Waals surface area contributed by atoms with Crippen LogP contribution in [0, 0.1) is 12.7 Å². The van der Waals surface area contributed by atoms with Gasteiger partial charge in [-0.25, -0.2) is 4.39 Å². The highest BCUT2D eigenvalue weighted by Crippen LogP contribution is 2.21. The van der Waals surface area contributed by atoms with Gasteiger partial charge in [0.1, 0.15) is 0 Å². The molecule has 0 saturated carbocycles. The molecule has 0 aromatic heterocycles. The van der Waals surface area contributed by atoms with Gasteiger partial charge in [0.25, 0.3) is 0 Å². The number of aliphatic imine (C=N–C) groups is 1. The predicted octanol–water partition coefficient (Wildman–Crippen LogP) is 3.09. The molecule has 1 aliphatic heterocycles. The van der Waals surface area contributed by atoms with Gasteiger partial charge in [-0.1, -0.05) is 23.8 Å². The van der Waals surface area contributed by atoms with Crippen LogP contribution >= 0.6 is 0 Å². The van der Waals surface area contributed by atoms with Gasteiger partial charge < -0.3 is 20.3 Å². The normalized spacial score (nSPS) is 17.1. The Labute approximate surface area is 160 Å². The maximum atomic E-state index is 13.8. The molecule has 0 aliphatic carbocycles. The average Bonchev–Trinajstić information content (AvgIpc) is 3.14. The number of rotatable bonds is 5. The van der Waals surface area contributed by atoms with E-state index in [0.29, 0.717) is 12.6 Å². The highest BCUT2D eigenvalue weighted by molar-refractivity contribution is 5.80. The highest BCUT2D eigenvalue weighted by atomic mass is 19.1. The van der Waals surface area contributed by atoms with Gasteiger partial charge in [-0.05, 0) is 43.2 Å². The standard InChI is InChI=1S/C21H27FN4O/c1-15-4-7-18(8-5-15)26-11-10-17(14-26)25-21(23-2)24-13-16-6-9-20(27-3)19(22)12-16/h4-9,12,17H,10-11,13-14H2,1-3H3,(H2,23,24,25). The Kier molecular flexibility index (Phi) is 6.16. The number of aryl methyl sites for hydroxylation is 1. The van der Waals surface area contributed by atoms with Crippen molar-refractivity contribution in [1.82, 2.24) is 10.6 Å². The minimum atomic E-state index is -0.357. The molecule has 0 radical (unpaired) electrons. The molecule has 2 aromatic carbocycles. The van der Waals surface area contributed by atoms with E-state index < -0.39 is 0 Å². The van der Waals surface area contributed by atoms with Crippen molar-refractivity contribution in [1.29, 1.82) is 0 Å². The molecule has 3 rings (SSSR count). The molecule has 2 aromatic rings. The third kappa shape index (κ3) is 4.90. The zero-order valence-corrected chi connectivity index (χ0v) is 16.1. The van der Waals surface area contributed by atoms with Crippen LogP contribution in [0.15, 0.2) is 47.5 Å². The fourth-order valence-corrected chi connectivity index (χ4v) is 3.26. The van der Waals surface area contributed by atoms with Gasteiger partial charge >= 0.3 is 0 Å². The summed E-state index contributed by atoms with van der Waals surface area (Å²) in [6, 6.07) is 13.9. The minimum Gasteiger partial charge on any atom is -0.494 e. The Bertz CT molecular complexity index is 791. The van der Waals surface area contributed by atoms with E-state index in [2.05, 4.69) is 51.7 Å². The number of hydrogen-bond acceptors (Lipinski definition) is 3. The molecule has 1 heterocycles. The van der Waals surface area contributed by atoms with Crippen molar-refractivity contribution in [3.63, 3.8) is 0 Å². The van der Waals surface area contributed by atoms with Gasteiger partial charge in [0, 0.05) is 38.4 Å². The highest BCUT2D eigenvalue weighted by Gasteiger charge is 2.23. The van der Waals surface area contributed by atoms with Gasteiger partial charge in [0.05, 0.1) is 7.11 Å². The topological polar surface area (TPSA) is 48.9 Å². The summed E-state index contributed by atoms with van der Waals surface area (Å²) < 4.78 is 18.8. The summed E-state index contributed by atoms with van der Waals surface area (Å²) in [6.07, 6.45) is 1.05. The summed E-state index contributed by atoms with van der Waals surface area (Å²) in [5, 5.41) is 6.72. The summed E-state index contributed by atoms with van der Waals surface area (Å²) in [6.45, 7) is 4.54. The van der Waals surface area contributed by atoms with E-state index in [4.69, 9.17) is 4.74 Å². The molecule has 0 amide bonds. The van der Waals surface area contributed by atoms with Crippen LogP contribution < -0.4 is 20.3 Å². The third-order valence-electron chi connectivity index (χ3n) is 4.83. The first-order valence-corrected chi connectivity index (χ1v) is 9.20. The number of anilines is 1. The fraction of sp³-hybridized carbons (Fsp3) is 0.381. The number of nitrogens with zero attached hydrogens (tertiary/aromatic N) is 2. The fourth-order valence-electron chi connectivity index (χ4n) is 3.26. The van der Waals surface area contributed by atoms with Crippen LogP contribution in [0.1, 0.15) is 17.5 Å². The monoisotopic (exact) mass is 370 g/mol. The van der Waals surface area contributed by atoms with E-state index in [1.165, 1.54) is 24.4 Å². The van der Waals surface area contributed by atoms with Crippen LogP contribution in [0.25, 0.3) is 0 Å². The number of benzene rings is 2. The van der Waals surface area contributed by atoms with Crippen molar-refractivity contribution < 1.29 is 9.13 Å². The van der Waals surface area contributed by atoms with Crippen LogP contribution in [0.4, 0.5) is 10.1 Å². The lowest BCUT2D eigenvalue weighted by molar-refractivity contribution is 0.386.